The lowest BCUT2D eigenvalue weighted by Gasteiger charge is -2.06. The van der Waals surface area contributed by atoms with Crippen LogP contribution in [-0.2, 0) is 0 Å². The van der Waals surface area contributed by atoms with E-state index in [9.17, 15) is 0 Å². The van der Waals surface area contributed by atoms with Crippen LogP contribution in [0.25, 0.3) is 0 Å². The van der Waals surface area contributed by atoms with Crippen LogP contribution < -0.4 is 0 Å². The molecule has 0 amide bonds. The molecule has 0 spiro atoms. The van der Waals surface area contributed by atoms with Crippen molar-refractivity contribution in [2.45, 2.75) is 3.91 Å². The summed E-state index contributed by atoms with van der Waals surface area (Å²) in [5, 5.41) is 2.80. The number of hydrogen-bond donors (Lipinski definition) is 3. The summed E-state index contributed by atoms with van der Waals surface area (Å²) in [6, 6.07) is 0. The van der Waals surface area contributed by atoms with E-state index in [1.807, 2.05) is 11.8 Å². The first-order valence-electron chi connectivity index (χ1n) is 2.52. The summed E-state index contributed by atoms with van der Waals surface area (Å²) in [5.41, 5.74) is 0. The van der Waals surface area contributed by atoms with Gasteiger partial charge in [0.2, 0.25) is 0 Å². The molecule has 1 unspecified atom stereocenters. The molecule has 0 aliphatic rings. The van der Waals surface area contributed by atoms with Crippen LogP contribution >= 0.6 is 73.2 Å². The molecule has 0 aromatic heterocycles. The maximum Gasteiger partial charge on any atom is 0.0944 e. The Bertz CT molecular complexity index is 66.8. The molecule has 0 N–H and O–H groups in total. The van der Waals surface area contributed by atoms with E-state index < -0.39 is 0 Å². The van der Waals surface area contributed by atoms with Crippen molar-refractivity contribution < 1.29 is 0 Å². The maximum atomic E-state index is 4.32. The van der Waals surface area contributed by atoms with Gasteiger partial charge in [-0.25, -0.2) is 0 Å². The average Bonchev–Trinajstić information content (AvgIpc) is 1.89. The highest BCUT2D eigenvalue weighted by Gasteiger charge is 2.00. The van der Waals surface area contributed by atoms with Crippen LogP contribution in [0.5, 0.6) is 0 Å². The van der Waals surface area contributed by atoms with E-state index in [0.29, 0.717) is 3.91 Å². The molecule has 0 aromatic carbocycles. The van der Waals surface area contributed by atoms with Gasteiger partial charge in [-0.1, -0.05) is 0 Å². The van der Waals surface area contributed by atoms with Gasteiger partial charge in [0.1, 0.15) is 0 Å². The Morgan fingerprint density at radius 3 is 2.30 bits per heavy atom. The second-order valence-corrected chi connectivity index (χ2v) is 7.76. The molecule has 0 fully saturated rings. The summed E-state index contributed by atoms with van der Waals surface area (Å²) >= 11 is 17.8. The molecule has 0 nitrogen and oxygen atoms in total. The highest BCUT2D eigenvalue weighted by atomic mass is 32.3. The van der Waals surface area contributed by atoms with Gasteiger partial charge in [0.15, 0.2) is 0 Å². The summed E-state index contributed by atoms with van der Waals surface area (Å²) in [6.07, 6.45) is 0. The van der Waals surface area contributed by atoms with E-state index >= 15 is 0 Å². The van der Waals surface area contributed by atoms with Gasteiger partial charge in [-0.3, -0.25) is 0 Å². The Hall–Kier alpha value is 2.10. The molecule has 0 heterocycles. The Kier molecular flexibility index (Phi) is 11.1. The van der Waals surface area contributed by atoms with Crippen molar-refractivity contribution in [2.75, 3.05) is 15.3 Å². The second-order valence-electron chi connectivity index (χ2n) is 1.22. The molecular weight excluding hydrogens is 240 g/mol. The van der Waals surface area contributed by atoms with Crippen molar-refractivity contribution in [1.82, 2.24) is 0 Å². The smallest absolute Gasteiger partial charge is 0.0944 e. The van der Waals surface area contributed by atoms with E-state index in [0.717, 1.165) is 15.3 Å². The minimum Gasteiger partial charge on any atom is -0.168 e. The molecule has 0 aromatic rings. The number of rotatable bonds is 6. The molecule has 0 aliphatic carbocycles. The van der Waals surface area contributed by atoms with Crippen molar-refractivity contribution in [3.05, 3.63) is 0 Å². The standard InChI is InChI=1S/C4H10S6/c5-1-8-3-10-4(7)9-2-6/h4-7H,1-3H2. The van der Waals surface area contributed by atoms with Crippen molar-refractivity contribution in [1.29, 1.82) is 0 Å². The fourth-order valence-corrected chi connectivity index (χ4v) is 5.17. The number of thioether (sulfide) groups is 3. The van der Waals surface area contributed by atoms with Gasteiger partial charge < -0.3 is 0 Å². The molecule has 0 aliphatic heterocycles. The van der Waals surface area contributed by atoms with Crippen molar-refractivity contribution in [3.63, 3.8) is 0 Å². The van der Waals surface area contributed by atoms with Gasteiger partial charge in [-0.15, -0.1) is 35.3 Å². The Morgan fingerprint density at radius 1 is 1.10 bits per heavy atom. The first-order chi connectivity index (χ1) is 4.81. The Balaban J connectivity index is 2.97. The van der Waals surface area contributed by atoms with E-state index in [1.54, 1.807) is 23.5 Å². The summed E-state index contributed by atoms with van der Waals surface area (Å²) in [6.45, 7) is 0. The molecule has 1 atom stereocenters. The van der Waals surface area contributed by atoms with E-state index in [4.69, 9.17) is 0 Å². The first-order valence-corrected chi connectivity index (χ1v) is 7.55. The minimum atomic E-state index is 0.366. The predicted molar refractivity (Wildman–Crippen MR) is 68.1 cm³/mol. The van der Waals surface area contributed by atoms with E-state index in [-0.39, 0.29) is 0 Å². The third-order valence-electron chi connectivity index (χ3n) is 0.602. The van der Waals surface area contributed by atoms with E-state index in [2.05, 4.69) is 37.9 Å². The molecule has 6 heteroatoms. The zero-order valence-corrected chi connectivity index (χ0v) is 10.4. The Labute approximate surface area is 91.7 Å². The molecule has 0 bridgehead atoms. The summed E-state index contributed by atoms with van der Waals surface area (Å²) in [5.74, 6) is 0. The third kappa shape index (κ3) is 8.20. The molecule has 0 saturated carbocycles. The van der Waals surface area contributed by atoms with Gasteiger partial charge in [-0.2, -0.15) is 37.9 Å². The SMILES string of the molecule is SCSCSC(S)SCS. The van der Waals surface area contributed by atoms with Crippen LogP contribution in [0.4, 0.5) is 0 Å². The summed E-state index contributed by atoms with van der Waals surface area (Å²) < 4.78 is 0.366. The molecule has 10 heavy (non-hydrogen) atoms. The highest BCUT2D eigenvalue weighted by molar-refractivity contribution is 8.33. The second kappa shape index (κ2) is 9.19. The minimum absolute atomic E-state index is 0.366. The topological polar surface area (TPSA) is 0 Å². The maximum absolute atomic E-state index is 4.32. The van der Waals surface area contributed by atoms with Crippen LogP contribution in [-0.4, -0.2) is 19.2 Å². The van der Waals surface area contributed by atoms with Crippen molar-refractivity contribution in [2.24, 2.45) is 0 Å². The largest absolute Gasteiger partial charge is 0.168 e. The monoisotopic (exact) mass is 250 g/mol. The van der Waals surface area contributed by atoms with Gasteiger partial charge in [-0.05, 0) is 0 Å². The van der Waals surface area contributed by atoms with Crippen LogP contribution in [0, 0.1) is 0 Å². The predicted octanol–water partition coefficient (Wildman–Crippen LogP) is 3.13. The van der Waals surface area contributed by atoms with E-state index in [1.165, 1.54) is 0 Å². The summed E-state index contributed by atoms with van der Waals surface area (Å²) in [7, 11) is 0. The lowest BCUT2D eigenvalue weighted by atomic mass is 11.8. The first kappa shape index (κ1) is 12.1. The van der Waals surface area contributed by atoms with Crippen LogP contribution in [0.1, 0.15) is 0 Å². The number of thiol groups is 3. The quantitative estimate of drug-likeness (QED) is 0.377. The molecule has 62 valence electrons. The van der Waals surface area contributed by atoms with Crippen molar-refractivity contribution in [3.8, 4) is 0 Å². The van der Waals surface area contributed by atoms with Crippen LogP contribution in [0.15, 0.2) is 0 Å². The fraction of sp³-hybridized carbons (Fsp3) is 1.00. The fourth-order valence-electron chi connectivity index (χ4n) is 0.255. The van der Waals surface area contributed by atoms with Gasteiger partial charge in [0.05, 0.1) is 3.91 Å². The third-order valence-corrected chi connectivity index (χ3v) is 5.42. The lowest BCUT2D eigenvalue weighted by Crippen LogP contribution is -1.85. The van der Waals surface area contributed by atoms with Crippen LogP contribution in [0.2, 0.25) is 0 Å². The zero-order chi connectivity index (χ0) is 7.82. The van der Waals surface area contributed by atoms with Gasteiger partial charge in [0, 0.05) is 15.3 Å². The Morgan fingerprint density at radius 2 is 1.80 bits per heavy atom. The zero-order valence-electron chi connectivity index (χ0n) is 5.27. The summed E-state index contributed by atoms with van der Waals surface area (Å²) in [4.78, 5) is 0. The molecule has 0 rings (SSSR count). The molecular formula is C4H10S6. The van der Waals surface area contributed by atoms with Gasteiger partial charge in [0.25, 0.3) is 0 Å². The number of hydrogen-bond acceptors (Lipinski definition) is 6. The molecule has 0 radical (unpaired) electrons. The van der Waals surface area contributed by atoms with Crippen LogP contribution in [0.3, 0.4) is 0 Å². The van der Waals surface area contributed by atoms with Crippen molar-refractivity contribution >= 4 is 73.2 Å². The highest BCUT2D eigenvalue weighted by Crippen LogP contribution is 2.30. The van der Waals surface area contributed by atoms with Gasteiger partial charge >= 0.3 is 0 Å². The lowest BCUT2D eigenvalue weighted by molar-refractivity contribution is 2.01. The molecule has 0 saturated heterocycles. The normalized spacial score (nSPS) is 13.5. The average molecular weight is 251 g/mol.